The van der Waals surface area contributed by atoms with E-state index in [2.05, 4.69) is 10.6 Å². The van der Waals surface area contributed by atoms with Crippen molar-refractivity contribution in [1.29, 1.82) is 0 Å². The SMILES string of the molecule is C1CC(=C2CCNCC2)CCN1. The second kappa shape index (κ2) is 4.06. The van der Waals surface area contributed by atoms with E-state index in [4.69, 9.17) is 0 Å². The second-order valence-corrected chi connectivity index (χ2v) is 3.71. The van der Waals surface area contributed by atoms with E-state index in [1.54, 1.807) is 11.1 Å². The first-order valence-electron chi connectivity index (χ1n) is 5.08. The lowest BCUT2D eigenvalue weighted by Gasteiger charge is -2.23. The van der Waals surface area contributed by atoms with Gasteiger partial charge in [0.15, 0.2) is 0 Å². The van der Waals surface area contributed by atoms with Crippen molar-refractivity contribution in [3.05, 3.63) is 11.1 Å². The summed E-state index contributed by atoms with van der Waals surface area (Å²) in [5, 5.41) is 6.81. The van der Waals surface area contributed by atoms with Crippen molar-refractivity contribution in [1.82, 2.24) is 10.6 Å². The molecular weight excluding hydrogens is 148 g/mol. The monoisotopic (exact) mass is 166 g/mol. The lowest BCUT2D eigenvalue weighted by atomic mass is 9.93. The Kier molecular flexibility index (Phi) is 2.79. The molecule has 2 N–H and O–H groups in total. The van der Waals surface area contributed by atoms with Gasteiger partial charge in [0.05, 0.1) is 0 Å². The van der Waals surface area contributed by atoms with E-state index in [0.717, 1.165) is 0 Å². The smallest absolute Gasteiger partial charge is 0.00114 e. The molecule has 2 heteroatoms. The number of piperidine rings is 2. The third kappa shape index (κ3) is 1.87. The molecule has 2 nitrogen and oxygen atoms in total. The molecule has 0 aromatic rings. The van der Waals surface area contributed by atoms with E-state index < -0.39 is 0 Å². The van der Waals surface area contributed by atoms with Crippen LogP contribution in [0.3, 0.4) is 0 Å². The highest BCUT2D eigenvalue weighted by atomic mass is 14.9. The van der Waals surface area contributed by atoms with Gasteiger partial charge in [-0.2, -0.15) is 0 Å². The fourth-order valence-electron chi connectivity index (χ4n) is 2.16. The van der Waals surface area contributed by atoms with Crippen molar-refractivity contribution in [2.24, 2.45) is 0 Å². The standard InChI is InChI=1S/C10H18N2/c1-5-11-6-2-9(1)10-3-7-12-8-4-10/h11-12H,1-8H2. The van der Waals surface area contributed by atoms with Crippen LogP contribution in [-0.2, 0) is 0 Å². The maximum Gasteiger partial charge on any atom is -0.00114 e. The average Bonchev–Trinajstić information content (AvgIpc) is 2.21. The lowest BCUT2D eigenvalue weighted by Crippen LogP contribution is -2.27. The van der Waals surface area contributed by atoms with Gasteiger partial charge in [-0.05, 0) is 51.9 Å². The third-order valence-corrected chi connectivity index (χ3v) is 2.91. The molecule has 2 saturated heterocycles. The molecular formula is C10H18N2. The molecule has 0 radical (unpaired) electrons. The van der Waals surface area contributed by atoms with E-state index in [-0.39, 0.29) is 0 Å². The van der Waals surface area contributed by atoms with Crippen LogP contribution in [0.25, 0.3) is 0 Å². The molecule has 2 fully saturated rings. The maximum absolute atomic E-state index is 3.40. The predicted octanol–water partition coefficient (Wildman–Crippen LogP) is 1.05. The van der Waals surface area contributed by atoms with Crippen molar-refractivity contribution < 1.29 is 0 Å². The molecule has 2 heterocycles. The zero-order valence-electron chi connectivity index (χ0n) is 7.66. The van der Waals surface area contributed by atoms with Crippen molar-refractivity contribution in [2.45, 2.75) is 25.7 Å². The summed E-state index contributed by atoms with van der Waals surface area (Å²) in [4.78, 5) is 0. The van der Waals surface area contributed by atoms with E-state index >= 15 is 0 Å². The quantitative estimate of drug-likeness (QED) is 0.526. The zero-order valence-corrected chi connectivity index (χ0v) is 7.66. The summed E-state index contributed by atoms with van der Waals surface area (Å²) in [7, 11) is 0. The Labute approximate surface area is 74.4 Å². The van der Waals surface area contributed by atoms with Crippen molar-refractivity contribution in [3.63, 3.8) is 0 Å². The molecule has 0 spiro atoms. The van der Waals surface area contributed by atoms with Gasteiger partial charge in [0, 0.05) is 0 Å². The van der Waals surface area contributed by atoms with E-state index in [1.807, 2.05) is 0 Å². The molecule has 0 bridgehead atoms. The van der Waals surface area contributed by atoms with Gasteiger partial charge in [0.1, 0.15) is 0 Å². The molecule has 0 aromatic carbocycles. The molecule has 2 rings (SSSR count). The molecule has 0 aliphatic carbocycles. The average molecular weight is 166 g/mol. The van der Waals surface area contributed by atoms with Gasteiger partial charge < -0.3 is 10.6 Å². The predicted molar refractivity (Wildman–Crippen MR) is 51.2 cm³/mol. The first-order chi connectivity index (χ1) is 5.97. The van der Waals surface area contributed by atoms with Gasteiger partial charge in [-0.25, -0.2) is 0 Å². The Morgan fingerprint density at radius 2 is 0.917 bits per heavy atom. The van der Waals surface area contributed by atoms with Gasteiger partial charge in [0.2, 0.25) is 0 Å². The molecule has 2 aliphatic heterocycles. The summed E-state index contributed by atoms with van der Waals surface area (Å²) >= 11 is 0. The second-order valence-electron chi connectivity index (χ2n) is 3.71. The Morgan fingerprint density at radius 1 is 0.583 bits per heavy atom. The molecule has 12 heavy (non-hydrogen) atoms. The molecule has 0 atom stereocenters. The summed E-state index contributed by atoms with van der Waals surface area (Å²) in [6.45, 7) is 4.80. The molecule has 0 saturated carbocycles. The summed E-state index contributed by atoms with van der Waals surface area (Å²) in [5.74, 6) is 0. The summed E-state index contributed by atoms with van der Waals surface area (Å²) in [5.41, 5.74) is 3.52. The molecule has 0 amide bonds. The first kappa shape index (κ1) is 8.27. The van der Waals surface area contributed by atoms with Crippen LogP contribution in [0.15, 0.2) is 11.1 Å². The Balaban J connectivity index is 2.00. The lowest BCUT2D eigenvalue weighted by molar-refractivity contribution is 0.562. The van der Waals surface area contributed by atoms with Crippen molar-refractivity contribution >= 4 is 0 Å². The zero-order chi connectivity index (χ0) is 8.23. The fourth-order valence-corrected chi connectivity index (χ4v) is 2.16. The highest BCUT2D eigenvalue weighted by molar-refractivity contribution is 5.18. The Morgan fingerprint density at radius 3 is 1.25 bits per heavy atom. The number of hydrogen-bond acceptors (Lipinski definition) is 2. The minimum Gasteiger partial charge on any atom is -0.316 e. The van der Waals surface area contributed by atoms with Gasteiger partial charge in [-0.15, -0.1) is 0 Å². The number of rotatable bonds is 0. The van der Waals surface area contributed by atoms with Crippen LogP contribution in [-0.4, -0.2) is 26.2 Å². The van der Waals surface area contributed by atoms with Crippen LogP contribution < -0.4 is 10.6 Å². The number of nitrogens with one attached hydrogen (secondary N) is 2. The van der Waals surface area contributed by atoms with Crippen LogP contribution in [0.4, 0.5) is 0 Å². The normalized spacial score (nSPS) is 26.0. The first-order valence-corrected chi connectivity index (χ1v) is 5.08. The fraction of sp³-hybridized carbons (Fsp3) is 0.800. The summed E-state index contributed by atoms with van der Waals surface area (Å²) < 4.78 is 0. The Hall–Kier alpha value is -0.340. The minimum absolute atomic E-state index is 1.20. The van der Waals surface area contributed by atoms with Gasteiger partial charge in [-0.1, -0.05) is 11.1 Å². The summed E-state index contributed by atoms with van der Waals surface area (Å²) in [6.07, 6.45) is 5.20. The number of hydrogen-bond donors (Lipinski definition) is 2. The van der Waals surface area contributed by atoms with E-state index in [1.165, 1.54) is 51.9 Å². The van der Waals surface area contributed by atoms with E-state index in [0.29, 0.717) is 0 Å². The van der Waals surface area contributed by atoms with Crippen molar-refractivity contribution in [3.8, 4) is 0 Å². The van der Waals surface area contributed by atoms with Gasteiger partial charge in [-0.3, -0.25) is 0 Å². The molecule has 0 aromatic heterocycles. The third-order valence-electron chi connectivity index (χ3n) is 2.91. The van der Waals surface area contributed by atoms with Crippen LogP contribution in [0.5, 0.6) is 0 Å². The largest absolute Gasteiger partial charge is 0.316 e. The van der Waals surface area contributed by atoms with Gasteiger partial charge in [0.25, 0.3) is 0 Å². The Bertz CT molecular complexity index is 148. The maximum atomic E-state index is 3.40. The topological polar surface area (TPSA) is 24.1 Å². The van der Waals surface area contributed by atoms with Gasteiger partial charge >= 0.3 is 0 Å². The van der Waals surface area contributed by atoms with Crippen LogP contribution in [0.1, 0.15) is 25.7 Å². The van der Waals surface area contributed by atoms with Crippen LogP contribution in [0.2, 0.25) is 0 Å². The van der Waals surface area contributed by atoms with Crippen LogP contribution in [0, 0.1) is 0 Å². The summed E-state index contributed by atoms with van der Waals surface area (Å²) in [6, 6.07) is 0. The van der Waals surface area contributed by atoms with E-state index in [9.17, 15) is 0 Å². The molecule has 0 unspecified atom stereocenters. The van der Waals surface area contributed by atoms with Crippen LogP contribution >= 0.6 is 0 Å². The van der Waals surface area contributed by atoms with Crippen molar-refractivity contribution in [2.75, 3.05) is 26.2 Å². The minimum atomic E-state index is 1.20. The molecule has 68 valence electrons. The molecule has 2 aliphatic rings. The highest BCUT2D eigenvalue weighted by Gasteiger charge is 2.12. The highest BCUT2D eigenvalue weighted by Crippen LogP contribution is 2.22.